The second-order valence-electron chi connectivity index (χ2n) is 9.32. The van der Waals surface area contributed by atoms with Crippen molar-refractivity contribution in [3.8, 4) is 11.1 Å². The van der Waals surface area contributed by atoms with Gasteiger partial charge in [-0.05, 0) is 67.3 Å². The third-order valence-corrected chi connectivity index (χ3v) is 8.63. The van der Waals surface area contributed by atoms with Crippen LogP contribution in [0.3, 0.4) is 0 Å². The highest BCUT2D eigenvalue weighted by molar-refractivity contribution is 7.91. The minimum absolute atomic E-state index is 0.0161. The molecule has 0 radical (unpaired) electrons. The van der Waals surface area contributed by atoms with Gasteiger partial charge >= 0.3 is 5.97 Å². The van der Waals surface area contributed by atoms with Crippen molar-refractivity contribution in [3.05, 3.63) is 101 Å². The number of carbonyl (C=O) groups excluding carboxylic acids is 1. The van der Waals surface area contributed by atoms with Crippen molar-refractivity contribution in [2.75, 3.05) is 5.32 Å². The molecule has 8 heteroatoms. The van der Waals surface area contributed by atoms with E-state index in [0.29, 0.717) is 33.8 Å². The first-order valence-electron chi connectivity index (χ1n) is 12.1. The number of hydrogen-bond donors (Lipinski definition) is 3. The summed E-state index contributed by atoms with van der Waals surface area (Å²) in [7, 11) is -3.95. The Balaban J connectivity index is 1.65. The average molecular weight is 527 g/mol. The van der Waals surface area contributed by atoms with Gasteiger partial charge in [0.1, 0.15) is 0 Å². The highest BCUT2D eigenvalue weighted by Crippen LogP contribution is 2.38. The number of aromatic nitrogens is 1. The van der Waals surface area contributed by atoms with E-state index >= 15 is 0 Å². The third kappa shape index (κ3) is 4.66. The second-order valence-corrected chi connectivity index (χ2v) is 11.2. The van der Waals surface area contributed by atoms with Crippen molar-refractivity contribution < 1.29 is 23.1 Å². The summed E-state index contributed by atoms with van der Waals surface area (Å²) in [6.07, 6.45) is 1.34. The number of aliphatic carboxylic acids is 1. The van der Waals surface area contributed by atoms with Crippen molar-refractivity contribution in [2.24, 2.45) is 0 Å². The van der Waals surface area contributed by atoms with Gasteiger partial charge in [-0.1, -0.05) is 54.1 Å². The molecule has 0 aliphatic carbocycles. The van der Waals surface area contributed by atoms with E-state index in [0.717, 1.165) is 16.7 Å². The smallest absolute Gasteiger partial charge is 0.303 e. The minimum Gasteiger partial charge on any atom is -0.481 e. The zero-order valence-corrected chi connectivity index (χ0v) is 21.7. The molecule has 0 saturated heterocycles. The summed E-state index contributed by atoms with van der Waals surface area (Å²) < 4.78 is 27.4. The average Bonchev–Trinajstić information content (AvgIpc) is 3.38. The molecule has 0 bridgehead atoms. The Hall–Kier alpha value is -4.43. The Kier molecular flexibility index (Phi) is 6.50. The largest absolute Gasteiger partial charge is 0.481 e. The number of fused-ring (bicyclic) bond motifs is 1. The number of H-pyrrole nitrogens is 1. The maximum absolute atomic E-state index is 13.7. The molecule has 192 valence electrons. The lowest BCUT2D eigenvalue weighted by Gasteiger charge is -2.09. The number of nitrogens with one attached hydrogen (secondary N) is 2. The molecule has 38 heavy (non-hydrogen) atoms. The molecule has 1 amide bonds. The molecule has 2 heterocycles. The Bertz CT molecular complexity index is 1700. The molecule has 4 aromatic rings. The zero-order chi connectivity index (χ0) is 27.0. The van der Waals surface area contributed by atoms with Gasteiger partial charge in [0.05, 0.1) is 15.4 Å². The van der Waals surface area contributed by atoms with Crippen molar-refractivity contribution in [1.29, 1.82) is 0 Å². The van der Waals surface area contributed by atoms with Crippen LogP contribution in [0.15, 0.2) is 82.6 Å². The number of carboxylic acid groups (broad SMARTS) is 1. The van der Waals surface area contributed by atoms with Crippen LogP contribution in [0, 0.1) is 13.8 Å². The lowest BCUT2D eigenvalue weighted by molar-refractivity contribution is -0.137. The molecule has 1 aromatic heterocycles. The second kappa shape index (κ2) is 9.79. The molecule has 1 aliphatic heterocycles. The number of benzene rings is 3. The van der Waals surface area contributed by atoms with Crippen LogP contribution in [0.25, 0.3) is 22.8 Å². The van der Waals surface area contributed by atoms with Crippen LogP contribution in [0.4, 0.5) is 5.69 Å². The van der Waals surface area contributed by atoms with Gasteiger partial charge < -0.3 is 15.4 Å². The number of anilines is 1. The van der Waals surface area contributed by atoms with E-state index < -0.39 is 15.8 Å². The Labute approximate surface area is 220 Å². The van der Waals surface area contributed by atoms with Crippen LogP contribution in [0.5, 0.6) is 0 Å². The molecule has 0 saturated carbocycles. The number of aryl methyl sites for hydroxylation is 2. The molecule has 3 N–H and O–H groups in total. The van der Waals surface area contributed by atoms with E-state index in [2.05, 4.69) is 10.3 Å². The molecule has 7 nitrogen and oxygen atoms in total. The van der Waals surface area contributed by atoms with Gasteiger partial charge in [-0.3, -0.25) is 9.59 Å². The normalized spacial score (nSPS) is 13.9. The summed E-state index contributed by atoms with van der Waals surface area (Å²) in [5.74, 6) is -1.36. The Morgan fingerprint density at radius 1 is 0.947 bits per heavy atom. The van der Waals surface area contributed by atoms with Crippen molar-refractivity contribution in [1.82, 2.24) is 4.98 Å². The summed E-state index contributed by atoms with van der Waals surface area (Å²) in [6.45, 7) is 3.51. The first-order valence-corrected chi connectivity index (χ1v) is 13.6. The molecule has 0 atom stereocenters. The van der Waals surface area contributed by atoms with E-state index in [1.807, 2.05) is 55.5 Å². The number of amides is 1. The Morgan fingerprint density at radius 2 is 1.66 bits per heavy atom. The fraction of sp³-hybridized carbons (Fsp3) is 0.133. The number of aromatic amines is 1. The van der Waals surface area contributed by atoms with Crippen LogP contribution in [-0.4, -0.2) is 30.4 Å². The molecular formula is C30H26N2O5S. The van der Waals surface area contributed by atoms with Gasteiger partial charge in [0.2, 0.25) is 9.84 Å². The number of sulfone groups is 1. The van der Waals surface area contributed by atoms with Gasteiger partial charge in [-0.15, -0.1) is 0 Å². The van der Waals surface area contributed by atoms with Crippen LogP contribution < -0.4 is 5.32 Å². The summed E-state index contributed by atoms with van der Waals surface area (Å²) >= 11 is 0. The summed E-state index contributed by atoms with van der Waals surface area (Å²) in [6, 6.07) is 22.0. The van der Waals surface area contributed by atoms with Gasteiger partial charge in [0.25, 0.3) is 5.91 Å². The van der Waals surface area contributed by atoms with Crippen molar-refractivity contribution >= 4 is 39.1 Å². The number of carbonyl (C=O) groups is 2. The van der Waals surface area contributed by atoms with Gasteiger partial charge in [0.15, 0.2) is 0 Å². The lowest BCUT2D eigenvalue weighted by Crippen LogP contribution is -2.08. The molecule has 0 fully saturated rings. The van der Waals surface area contributed by atoms with Crippen molar-refractivity contribution in [3.63, 3.8) is 0 Å². The van der Waals surface area contributed by atoms with E-state index in [-0.39, 0.29) is 28.5 Å². The zero-order valence-electron chi connectivity index (χ0n) is 20.9. The Morgan fingerprint density at radius 3 is 2.34 bits per heavy atom. The van der Waals surface area contributed by atoms with Gasteiger partial charge in [0, 0.05) is 29.1 Å². The maximum atomic E-state index is 13.7. The first kappa shape index (κ1) is 25.2. The highest BCUT2D eigenvalue weighted by Gasteiger charge is 2.30. The topological polar surface area (TPSA) is 116 Å². The van der Waals surface area contributed by atoms with E-state index in [4.69, 9.17) is 0 Å². The lowest BCUT2D eigenvalue weighted by atomic mass is 9.98. The minimum atomic E-state index is -3.95. The third-order valence-electron chi connectivity index (χ3n) is 6.65. The monoisotopic (exact) mass is 526 g/mol. The fourth-order valence-electron chi connectivity index (χ4n) is 4.77. The summed E-state index contributed by atoms with van der Waals surface area (Å²) in [5.41, 5.74) is 5.70. The number of hydrogen-bond acceptors (Lipinski definition) is 4. The first-order chi connectivity index (χ1) is 18.1. The van der Waals surface area contributed by atoms with Gasteiger partial charge in [-0.25, -0.2) is 8.42 Å². The molecular weight excluding hydrogens is 500 g/mol. The highest BCUT2D eigenvalue weighted by atomic mass is 32.2. The van der Waals surface area contributed by atoms with Crippen LogP contribution >= 0.6 is 0 Å². The van der Waals surface area contributed by atoms with Crippen LogP contribution in [0.2, 0.25) is 0 Å². The fourth-order valence-corrected chi connectivity index (χ4v) is 6.49. The molecule has 0 spiro atoms. The summed E-state index contributed by atoms with van der Waals surface area (Å²) in [5, 5.41) is 12.2. The van der Waals surface area contributed by atoms with E-state index in [1.165, 1.54) is 0 Å². The maximum Gasteiger partial charge on any atom is 0.303 e. The quantitative estimate of drug-likeness (QED) is 0.270. The van der Waals surface area contributed by atoms with Crippen LogP contribution in [-0.2, 0) is 25.8 Å². The summed E-state index contributed by atoms with van der Waals surface area (Å²) in [4.78, 5) is 27.7. The van der Waals surface area contributed by atoms with Gasteiger partial charge in [-0.2, -0.15) is 0 Å². The van der Waals surface area contributed by atoms with Crippen LogP contribution in [0.1, 0.15) is 34.5 Å². The standard InChI is InChI=1S/C30H26N2O5S/c1-18-8-11-22(12-9-18)38(36,37)29-19(2)31-27(23(29)13-15-28(33)34)17-25-24-16-21(20-6-4-3-5-7-20)10-14-26(24)32-30(25)35/h3-12,14,16-17,31H,13,15H2,1-2H3,(H,32,35)(H,33,34). The number of rotatable bonds is 7. The molecule has 1 aliphatic rings. The van der Waals surface area contributed by atoms with Crippen molar-refractivity contribution in [2.45, 2.75) is 36.5 Å². The predicted molar refractivity (Wildman–Crippen MR) is 146 cm³/mol. The van der Waals surface area contributed by atoms with E-state index in [9.17, 15) is 23.1 Å². The predicted octanol–water partition coefficient (Wildman–Crippen LogP) is 5.64. The molecule has 5 rings (SSSR count). The van der Waals surface area contributed by atoms with E-state index in [1.54, 1.807) is 37.3 Å². The SMILES string of the molecule is Cc1ccc(S(=O)(=O)c2c(C)[nH]c(C=C3C(=O)Nc4ccc(-c5ccccc5)cc43)c2CCC(=O)O)cc1. The molecule has 3 aromatic carbocycles. The molecule has 0 unspecified atom stereocenters. The number of carboxylic acids is 1.